The number of nitrogens with zero attached hydrogens (tertiary/aromatic N) is 1. The third-order valence-electron chi connectivity index (χ3n) is 6.02. The summed E-state index contributed by atoms with van der Waals surface area (Å²) in [6.45, 7) is 3.12. The Balaban J connectivity index is 1.62. The Morgan fingerprint density at radius 1 is 1.18 bits per heavy atom. The topological polar surface area (TPSA) is 98.7 Å². The largest absolute Gasteiger partial charge is 0.481 e. The van der Waals surface area contributed by atoms with Crippen LogP contribution in [0.1, 0.15) is 44.6 Å². The molecule has 152 valence electrons. The van der Waals surface area contributed by atoms with Gasteiger partial charge in [-0.1, -0.05) is 50.1 Å². The van der Waals surface area contributed by atoms with E-state index in [1.54, 1.807) is 4.90 Å². The number of carboxylic acid groups (broad SMARTS) is 1. The van der Waals surface area contributed by atoms with Crippen LogP contribution in [0.3, 0.4) is 0 Å². The number of urea groups is 1. The Labute approximate surface area is 165 Å². The van der Waals surface area contributed by atoms with E-state index >= 15 is 0 Å². The number of amides is 3. The standard InChI is InChI=1S/C21H29N3O4/c1-15-14-24(12-9-17(15)18(25)26)19(27)21(10-5-6-11-21)23-20(28)22-13-16-7-3-2-4-8-16/h2-4,7-8,15,17H,5-6,9-14H2,1H3,(H,25,26)(H2,22,23,28). The maximum absolute atomic E-state index is 13.3. The van der Waals surface area contributed by atoms with Gasteiger partial charge in [0.1, 0.15) is 5.54 Å². The lowest BCUT2D eigenvalue weighted by Gasteiger charge is -2.40. The van der Waals surface area contributed by atoms with Gasteiger partial charge >= 0.3 is 12.0 Å². The van der Waals surface area contributed by atoms with E-state index < -0.39 is 17.4 Å². The van der Waals surface area contributed by atoms with Crippen molar-refractivity contribution in [2.75, 3.05) is 13.1 Å². The maximum atomic E-state index is 13.3. The van der Waals surface area contributed by atoms with Crippen LogP contribution in [0.25, 0.3) is 0 Å². The van der Waals surface area contributed by atoms with E-state index in [-0.39, 0.29) is 17.9 Å². The molecule has 3 amide bonds. The molecule has 2 unspecified atom stereocenters. The van der Waals surface area contributed by atoms with Gasteiger partial charge in [-0.15, -0.1) is 0 Å². The molecule has 7 heteroatoms. The Kier molecular flexibility index (Phi) is 6.21. The molecule has 1 heterocycles. The summed E-state index contributed by atoms with van der Waals surface area (Å²) >= 11 is 0. The van der Waals surface area contributed by atoms with Crippen molar-refractivity contribution in [3.63, 3.8) is 0 Å². The summed E-state index contributed by atoms with van der Waals surface area (Å²) < 4.78 is 0. The van der Waals surface area contributed by atoms with Gasteiger partial charge in [0.25, 0.3) is 0 Å². The highest BCUT2D eigenvalue weighted by molar-refractivity contribution is 5.91. The number of carboxylic acids is 1. The van der Waals surface area contributed by atoms with Crippen molar-refractivity contribution >= 4 is 17.9 Å². The predicted octanol–water partition coefficient (Wildman–Crippen LogP) is 2.37. The van der Waals surface area contributed by atoms with Gasteiger partial charge in [0.05, 0.1) is 5.92 Å². The van der Waals surface area contributed by atoms with Gasteiger partial charge in [-0.25, -0.2) is 4.79 Å². The van der Waals surface area contributed by atoms with Gasteiger partial charge < -0.3 is 20.6 Å². The Morgan fingerprint density at radius 3 is 2.46 bits per heavy atom. The molecule has 0 bridgehead atoms. The first-order valence-corrected chi connectivity index (χ1v) is 10.0. The second kappa shape index (κ2) is 8.63. The van der Waals surface area contributed by atoms with Crippen LogP contribution in [0.2, 0.25) is 0 Å². The van der Waals surface area contributed by atoms with Crippen molar-refractivity contribution in [3.05, 3.63) is 35.9 Å². The van der Waals surface area contributed by atoms with Crippen LogP contribution in [0.15, 0.2) is 30.3 Å². The second-order valence-corrected chi connectivity index (χ2v) is 8.04. The number of benzene rings is 1. The molecule has 2 atom stereocenters. The minimum absolute atomic E-state index is 0.0736. The lowest BCUT2D eigenvalue weighted by atomic mass is 9.85. The van der Waals surface area contributed by atoms with Crippen molar-refractivity contribution < 1.29 is 19.5 Å². The summed E-state index contributed by atoms with van der Waals surface area (Å²) in [4.78, 5) is 38.9. The number of likely N-dealkylation sites (tertiary alicyclic amines) is 1. The Hall–Kier alpha value is -2.57. The average Bonchev–Trinajstić information content (AvgIpc) is 3.15. The second-order valence-electron chi connectivity index (χ2n) is 8.04. The minimum atomic E-state index is -0.878. The van der Waals surface area contributed by atoms with E-state index in [0.717, 1.165) is 18.4 Å². The molecule has 2 fully saturated rings. The third kappa shape index (κ3) is 4.46. The zero-order chi connectivity index (χ0) is 20.1. The van der Waals surface area contributed by atoms with Crippen molar-refractivity contribution in [1.29, 1.82) is 0 Å². The molecule has 3 rings (SSSR count). The molecule has 0 spiro atoms. The van der Waals surface area contributed by atoms with E-state index in [4.69, 9.17) is 0 Å². The smallest absolute Gasteiger partial charge is 0.315 e. The van der Waals surface area contributed by atoms with Crippen LogP contribution in [-0.2, 0) is 16.1 Å². The fraction of sp³-hybridized carbons (Fsp3) is 0.571. The third-order valence-corrected chi connectivity index (χ3v) is 6.02. The van der Waals surface area contributed by atoms with Gasteiger partial charge in [-0.3, -0.25) is 9.59 Å². The lowest BCUT2D eigenvalue weighted by molar-refractivity contribution is -0.150. The normalized spacial score (nSPS) is 23.8. The number of piperidine rings is 1. The summed E-state index contributed by atoms with van der Waals surface area (Å²) in [6, 6.07) is 9.28. The van der Waals surface area contributed by atoms with Crippen molar-refractivity contribution in [3.8, 4) is 0 Å². The zero-order valence-electron chi connectivity index (χ0n) is 16.3. The molecular weight excluding hydrogens is 358 g/mol. The molecule has 0 radical (unpaired) electrons. The summed E-state index contributed by atoms with van der Waals surface area (Å²) in [5.74, 6) is -1.38. The summed E-state index contributed by atoms with van der Waals surface area (Å²) in [5, 5.41) is 15.1. The Bertz CT molecular complexity index is 716. The first-order valence-electron chi connectivity index (χ1n) is 10.0. The van der Waals surface area contributed by atoms with E-state index in [2.05, 4.69) is 10.6 Å². The molecule has 1 saturated heterocycles. The molecular formula is C21H29N3O4. The molecule has 1 aliphatic carbocycles. The fourth-order valence-electron chi connectivity index (χ4n) is 4.41. The average molecular weight is 387 g/mol. The van der Waals surface area contributed by atoms with Crippen molar-refractivity contribution in [1.82, 2.24) is 15.5 Å². The minimum Gasteiger partial charge on any atom is -0.481 e. The number of nitrogens with one attached hydrogen (secondary N) is 2. The van der Waals surface area contributed by atoms with Gasteiger partial charge in [-0.2, -0.15) is 0 Å². The maximum Gasteiger partial charge on any atom is 0.315 e. The molecule has 1 aromatic rings. The van der Waals surface area contributed by atoms with Gasteiger partial charge in [0.15, 0.2) is 0 Å². The zero-order valence-corrected chi connectivity index (χ0v) is 16.3. The van der Waals surface area contributed by atoms with Crippen LogP contribution >= 0.6 is 0 Å². The quantitative estimate of drug-likeness (QED) is 0.722. The van der Waals surface area contributed by atoms with Crippen molar-refractivity contribution in [2.45, 2.75) is 51.1 Å². The molecule has 1 aliphatic heterocycles. The van der Waals surface area contributed by atoms with Crippen LogP contribution in [0.5, 0.6) is 0 Å². The predicted molar refractivity (Wildman–Crippen MR) is 104 cm³/mol. The SMILES string of the molecule is CC1CN(C(=O)C2(NC(=O)NCc3ccccc3)CCCC2)CCC1C(=O)O. The van der Waals surface area contributed by atoms with Gasteiger partial charge in [-0.05, 0) is 30.7 Å². The highest BCUT2D eigenvalue weighted by atomic mass is 16.4. The van der Waals surface area contributed by atoms with Gasteiger partial charge in [0.2, 0.25) is 5.91 Å². The van der Waals surface area contributed by atoms with Crippen LogP contribution in [0.4, 0.5) is 4.79 Å². The van der Waals surface area contributed by atoms with Crippen LogP contribution in [-0.4, -0.2) is 46.5 Å². The van der Waals surface area contributed by atoms with E-state index in [1.165, 1.54) is 0 Å². The molecule has 7 nitrogen and oxygen atoms in total. The van der Waals surface area contributed by atoms with Crippen LogP contribution < -0.4 is 10.6 Å². The molecule has 1 saturated carbocycles. The highest BCUT2D eigenvalue weighted by Crippen LogP contribution is 2.34. The summed E-state index contributed by atoms with van der Waals surface area (Å²) in [7, 11) is 0. The molecule has 0 aromatic heterocycles. The number of rotatable bonds is 5. The lowest BCUT2D eigenvalue weighted by Crippen LogP contribution is -2.61. The van der Waals surface area contributed by atoms with Crippen LogP contribution in [0, 0.1) is 11.8 Å². The molecule has 2 aliphatic rings. The van der Waals surface area contributed by atoms with Gasteiger partial charge in [0, 0.05) is 19.6 Å². The van der Waals surface area contributed by atoms with E-state index in [0.29, 0.717) is 38.9 Å². The first-order chi connectivity index (χ1) is 13.4. The van der Waals surface area contributed by atoms with Crippen molar-refractivity contribution in [2.24, 2.45) is 11.8 Å². The molecule has 3 N–H and O–H groups in total. The fourth-order valence-corrected chi connectivity index (χ4v) is 4.41. The van der Waals surface area contributed by atoms with E-state index in [9.17, 15) is 19.5 Å². The summed E-state index contributed by atoms with van der Waals surface area (Å²) in [5.41, 5.74) is 0.116. The summed E-state index contributed by atoms with van der Waals surface area (Å²) in [6.07, 6.45) is 3.49. The van der Waals surface area contributed by atoms with E-state index in [1.807, 2.05) is 37.3 Å². The monoisotopic (exact) mass is 387 g/mol. The number of carbonyl (C=O) groups excluding carboxylic acids is 2. The molecule has 1 aromatic carbocycles. The Morgan fingerprint density at radius 2 is 1.86 bits per heavy atom. The highest BCUT2D eigenvalue weighted by Gasteiger charge is 2.46. The number of hydrogen-bond acceptors (Lipinski definition) is 3. The number of hydrogen-bond donors (Lipinski definition) is 3. The number of aliphatic carboxylic acids is 1. The molecule has 28 heavy (non-hydrogen) atoms. The first kappa shape index (κ1) is 20.2. The number of carbonyl (C=O) groups is 3.